The Morgan fingerprint density at radius 2 is 2.29 bits per heavy atom. The van der Waals surface area contributed by atoms with Crippen molar-refractivity contribution in [2.45, 2.75) is 39.3 Å². The first-order valence-electron chi connectivity index (χ1n) is 8.27. The zero-order chi connectivity index (χ0) is 16.9. The molecule has 3 heterocycles. The van der Waals surface area contributed by atoms with E-state index in [4.69, 9.17) is 4.74 Å². The summed E-state index contributed by atoms with van der Waals surface area (Å²) in [4.78, 5) is 22.6. The van der Waals surface area contributed by atoms with E-state index in [9.17, 15) is 4.79 Å². The van der Waals surface area contributed by atoms with Gasteiger partial charge in [-0.1, -0.05) is 0 Å². The Labute approximate surface area is 141 Å². The van der Waals surface area contributed by atoms with Gasteiger partial charge in [0, 0.05) is 30.7 Å². The van der Waals surface area contributed by atoms with Gasteiger partial charge < -0.3 is 9.64 Å². The summed E-state index contributed by atoms with van der Waals surface area (Å²) >= 11 is 0. The van der Waals surface area contributed by atoms with Gasteiger partial charge in [-0.05, 0) is 38.8 Å². The van der Waals surface area contributed by atoms with Crippen molar-refractivity contribution in [1.29, 1.82) is 0 Å². The second-order valence-corrected chi connectivity index (χ2v) is 6.16. The number of morpholine rings is 1. The number of aryl methyl sites for hydroxylation is 3. The molecule has 0 bridgehead atoms. The van der Waals surface area contributed by atoms with Gasteiger partial charge >= 0.3 is 0 Å². The maximum absolute atomic E-state index is 12.5. The van der Waals surface area contributed by atoms with Crippen molar-refractivity contribution >= 4 is 5.91 Å². The Kier molecular flexibility index (Phi) is 5.20. The van der Waals surface area contributed by atoms with Gasteiger partial charge in [-0.3, -0.25) is 9.48 Å². The molecule has 3 rings (SSSR count). The lowest BCUT2D eigenvalue weighted by Gasteiger charge is -2.33. The fraction of sp³-hybridized carbons (Fsp3) is 0.529. The molecule has 0 aromatic carbocycles. The highest BCUT2D eigenvalue weighted by atomic mass is 16.5. The lowest BCUT2D eigenvalue weighted by Crippen LogP contribution is -2.47. The summed E-state index contributed by atoms with van der Waals surface area (Å²) in [6, 6.07) is 3.89. The van der Waals surface area contributed by atoms with Gasteiger partial charge in [0.1, 0.15) is 12.9 Å². The predicted molar refractivity (Wildman–Crippen MR) is 88.4 cm³/mol. The van der Waals surface area contributed by atoms with Crippen molar-refractivity contribution in [1.82, 2.24) is 24.6 Å². The van der Waals surface area contributed by atoms with E-state index < -0.39 is 0 Å². The number of aromatic nitrogens is 4. The molecule has 2 aromatic rings. The zero-order valence-corrected chi connectivity index (χ0v) is 14.2. The maximum atomic E-state index is 12.5. The topological polar surface area (TPSA) is 73.1 Å². The lowest BCUT2D eigenvalue weighted by atomic mass is 10.1. The van der Waals surface area contributed by atoms with Crippen LogP contribution in [-0.2, 0) is 22.5 Å². The monoisotopic (exact) mass is 329 g/mol. The van der Waals surface area contributed by atoms with E-state index in [0.717, 1.165) is 29.9 Å². The van der Waals surface area contributed by atoms with Crippen LogP contribution < -0.4 is 0 Å². The molecule has 1 saturated heterocycles. The van der Waals surface area contributed by atoms with Crippen molar-refractivity contribution < 1.29 is 9.53 Å². The van der Waals surface area contributed by atoms with E-state index in [1.165, 1.54) is 0 Å². The highest BCUT2D eigenvalue weighted by Gasteiger charge is 2.24. The van der Waals surface area contributed by atoms with Crippen LogP contribution in [-0.4, -0.2) is 56.4 Å². The molecule has 0 aliphatic carbocycles. The average Bonchev–Trinajstić information content (AvgIpc) is 2.91. The number of carbonyl (C=O) groups is 1. The van der Waals surface area contributed by atoms with Crippen molar-refractivity contribution in [3.63, 3.8) is 0 Å². The molecule has 2 aromatic heterocycles. The van der Waals surface area contributed by atoms with Crippen LogP contribution in [0.2, 0.25) is 0 Å². The Morgan fingerprint density at radius 3 is 3.00 bits per heavy atom. The molecule has 1 fully saturated rings. The third-order valence-corrected chi connectivity index (χ3v) is 4.25. The van der Waals surface area contributed by atoms with Gasteiger partial charge in [-0.25, -0.2) is 9.97 Å². The molecule has 7 nitrogen and oxygen atoms in total. The predicted octanol–water partition coefficient (Wildman–Crippen LogP) is 1.15. The summed E-state index contributed by atoms with van der Waals surface area (Å²) in [6.45, 7) is 6.05. The normalized spacial score (nSPS) is 17.9. The molecule has 0 spiro atoms. The van der Waals surface area contributed by atoms with Crippen LogP contribution in [0.15, 0.2) is 24.7 Å². The lowest BCUT2D eigenvalue weighted by molar-refractivity contribution is -0.139. The fourth-order valence-corrected chi connectivity index (χ4v) is 2.96. The Balaban J connectivity index is 1.53. The first-order chi connectivity index (χ1) is 11.6. The molecule has 1 amide bonds. The van der Waals surface area contributed by atoms with E-state index in [1.807, 2.05) is 30.9 Å². The third kappa shape index (κ3) is 4.17. The quantitative estimate of drug-likeness (QED) is 0.823. The summed E-state index contributed by atoms with van der Waals surface area (Å²) in [7, 11) is 0. The SMILES string of the molecule is Cc1cc(C)n(CC(=O)N2CCOC(CCc3ccncn3)C2)n1. The van der Waals surface area contributed by atoms with Crippen molar-refractivity contribution in [2.24, 2.45) is 0 Å². The van der Waals surface area contributed by atoms with Crippen LogP contribution in [0.3, 0.4) is 0 Å². The van der Waals surface area contributed by atoms with Crippen LogP contribution in [0.5, 0.6) is 0 Å². The molecule has 1 atom stereocenters. The molecule has 1 aliphatic rings. The number of ether oxygens (including phenoxy) is 1. The highest BCUT2D eigenvalue weighted by molar-refractivity contribution is 5.76. The molecular weight excluding hydrogens is 306 g/mol. The average molecular weight is 329 g/mol. The molecular formula is C17H23N5O2. The first kappa shape index (κ1) is 16.6. The number of amides is 1. The van der Waals surface area contributed by atoms with Gasteiger partial charge in [-0.15, -0.1) is 0 Å². The van der Waals surface area contributed by atoms with E-state index in [1.54, 1.807) is 17.2 Å². The van der Waals surface area contributed by atoms with Crippen LogP contribution in [0, 0.1) is 13.8 Å². The smallest absolute Gasteiger partial charge is 0.244 e. The molecule has 0 radical (unpaired) electrons. The summed E-state index contributed by atoms with van der Waals surface area (Å²) in [5, 5.41) is 4.36. The second-order valence-electron chi connectivity index (χ2n) is 6.16. The van der Waals surface area contributed by atoms with Gasteiger partial charge in [0.15, 0.2) is 0 Å². The Hall–Kier alpha value is -2.28. The van der Waals surface area contributed by atoms with E-state index >= 15 is 0 Å². The van der Waals surface area contributed by atoms with Crippen LogP contribution >= 0.6 is 0 Å². The van der Waals surface area contributed by atoms with Gasteiger partial charge in [-0.2, -0.15) is 5.10 Å². The van der Waals surface area contributed by atoms with Crippen molar-refractivity contribution in [3.05, 3.63) is 41.7 Å². The second kappa shape index (κ2) is 7.53. The van der Waals surface area contributed by atoms with Crippen molar-refractivity contribution in [2.75, 3.05) is 19.7 Å². The largest absolute Gasteiger partial charge is 0.375 e. The van der Waals surface area contributed by atoms with Crippen LogP contribution in [0.1, 0.15) is 23.5 Å². The van der Waals surface area contributed by atoms with Crippen LogP contribution in [0.25, 0.3) is 0 Å². The summed E-state index contributed by atoms with van der Waals surface area (Å²) in [6.07, 6.45) is 5.03. The van der Waals surface area contributed by atoms with Crippen LogP contribution in [0.4, 0.5) is 0 Å². The minimum absolute atomic E-state index is 0.0538. The molecule has 128 valence electrons. The summed E-state index contributed by atoms with van der Waals surface area (Å²) in [5.41, 5.74) is 2.94. The van der Waals surface area contributed by atoms with Gasteiger partial charge in [0.2, 0.25) is 5.91 Å². The highest BCUT2D eigenvalue weighted by Crippen LogP contribution is 2.12. The summed E-state index contributed by atoms with van der Waals surface area (Å²) < 4.78 is 7.57. The number of nitrogens with zero attached hydrogens (tertiary/aromatic N) is 5. The number of hydrogen-bond donors (Lipinski definition) is 0. The zero-order valence-electron chi connectivity index (χ0n) is 14.2. The minimum Gasteiger partial charge on any atom is -0.375 e. The number of rotatable bonds is 5. The van der Waals surface area contributed by atoms with Crippen molar-refractivity contribution in [3.8, 4) is 0 Å². The Morgan fingerprint density at radius 1 is 1.42 bits per heavy atom. The molecule has 1 unspecified atom stereocenters. The van der Waals surface area contributed by atoms with Gasteiger partial charge in [0.05, 0.1) is 18.4 Å². The number of hydrogen-bond acceptors (Lipinski definition) is 5. The fourth-order valence-electron chi connectivity index (χ4n) is 2.96. The first-order valence-corrected chi connectivity index (χ1v) is 8.27. The molecule has 24 heavy (non-hydrogen) atoms. The maximum Gasteiger partial charge on any atom is 0.244 e. The molecule has 7 heteroatoms. The standard InChI is InChI=1S/C17H23N5O2/c1-13-9-14(2)22(20-13)11-17(23)21-7-8-24-16(10-21)4-3-15-5-6-18-12-19-15/h5-6,9,12,16H,3-4,7-8,10-11H2,1-2H3. The third-order valence-electron chi connectivity index (χ3n) is 4.25. The Bertz CT molecular complexity index is 686. The number of carbonyl (C=O) groups excluding carboxylic acids is 1. The summed E-state index contributed by atoms with van der Waals surface area (Å²) in [5.74, 6) is 0.0940. The molecule has 1 aliphatic heterocycles. The molecule has 0 saturated carbocycles. The van der Waals surface area contributed by atoms with Gasteiger partial charge in [0.25, 0.3) is 0 Å². The van der Waals surface area contributed by atoms with E-state index in [2.05, 4.69) is 15.1 Å². The minimum atomic E-state index is 0.0538. The molecule has 0 N–H and O–H groups in total. The van der Waals surface area contributed by atoms with E-state index in [-0.39, 0.29) is 18.6 Å². The van der Waals surface area contributed by atoms with E-state index in [0.29, 0.717) is 19.7 Å².